The number of amides is 1. The summed E-state index contributed by atoms with van der Waals surface area (Å²) in [5.41, 5.74) is 0.617. The van der Waals surface area contributed by atoms with Gasteiger partial charge in [0, 0.05) is 13.1 Å². The molecule has 1 fully saturated rings. The van der Waals surface area contributed by atoms with Gasteiger partial charge in [0.1, 0.15) is 0 Å². The first-order chi connectivity index (χ1) is 8.09. The van der Waals surface area contributed by atoms with Gasteiger partial charge in [-0.2, -0.15) is 0 Å². The maximum Gasteiger partial charge on any atom is 0.258 e. The van der Waals surface area contributed by atoms with Gasteiger partial charge < -0.3 is 9.32 Å². The van der Waals surface area contributed by atoms with Crippen molar-refractivity contribution in [1.82, 2.24) is 4.90 Å². The Balaban J connectivity index is 2.03. The number of carbonyl (C=O) groups is 1. The predicted molar refractivity (Wildman–Crippen MR) is 69.9 cm³/mol. The fraction of sp³-hybridized carbons (Fsp3) is 0.615. The fourth-order valence-corrected chi connectivity index (χ4v) is 2.84. The van der Waals surface area contributed by atoms with Crippen LogP contribution in [-0.2, 0) is 0 Å². The monoisotopic (exact) mass is 299 g/mol. The molecule has 0 aromatic carbocycles. The lowest BCUT2D eigenvalue weighted by atomic mass is 9.86. The molecule has 0 radical (unpaired) electrons. The van der Waals surface area contributed by atoms with E-state index in [1.807, 2.05) is 11.9 Å². The molecule has 1 aliphatic carbocycles. The summed E-state index contributed by atoms with van der Waals surface area (Å²) >= 11 is 3.25. The maximum absolute atomic E-state index is 12.2. The van der Waals surface area contributed by atoms with E-state index in [4.69, 9.17) is 4.42 Å². The highest BCUT2D eigenvalue weighted by Gasteiger charge is 2.26. The standard InChI is InChI=1S/C13H18BrNO2/c1-9-3-5-10(6-4-9)15(2)13(16)11-7-8-17-12(11)14/h7-10H,3-6H2,1-2H3. The van der Waals surface area contributed by atoms with E-state index in [1.165, 1.54) is 19.1 Å². The van der Waals surface area contributed by atoms with Crippen LogP contribution in [0.15, 0.2) is 21.4 Å². The highest BCUT2D eigenvalue weighted by Crippen LogP contribution is 2.28. The van der Waals surface area contributed by atoms with Crippen LogP contribution in [0.4, 0.5) is 0 Å². The maximum atomic E-state index is 12.2. The van der Waals surface area contributed by atoms with Crippen molar-refractivity contribution in [3.05, 3.63) is 22.6 Å². The molecule has 0 spiro atoms. The SMILES string of the molecule is CC1CCC(N(C)C(=O)c2ccoc2Br)CC1. The van der Waals surface area contributed by atoms with Crippen LogP contribution >= 0.6 is 15.9 Å². The lowest BCUT2D eigenvalue weighted by Gasteiger charge is -2.33. The van der Waals surface area contributed by atoms with Gasteiger partial charge in [-0.3, -0.25) is 4.79 Å². The minimum Gasteiger partial charge on any atom is -0.457 e. The number of furan rings is 1. The lowest BCUT2D eigenvalue weighted by molar-refractivity contribution is 0.0677. The quantitative estimate of drug-likeness (QED) is 0.834. The first-order valence-electron chi connectivity index (χ1n) is 6.09. The molecule has 0 aliphatic heterocycles. The molecule has 1 aliphatic rings. The summed E-state index contributed by atoms with van der Waals surface area (Å²) in [6, 6.07) is 2.09. The van der Waals surface area contributed by atoms with Gasteiger partial charge in [0.15, 0.2) is 4.67 Å². The highest BCUT2D eigenvalue weighted by molar-refractivity contribution is 9.10. The Kier molecular flexibility index (Phi) is 3.92. The van der Waals surface area contributed by atoms with Crippen molar-refractivity contribution in [1.29, 1.82) is 0 Å². The first-order valence-corrected chi connectivity index (χ1v) is 6.89. The van der Waals surface area contributed by atoms with Crippen LogP contribution in [0.1, 0.15) is 43.0 Å². The minimum atomic E-state index is 0.0465. The Morgan fingerprint density at radius 1 is 1.41 bits per heavy atom. The van der Waals surface area contributed by atoms with E-state index >= 15 is 0 Å². The zero-order valence-electron chi connectivity index (χ0n) is 10.3. The van der Waals surface area contributed by atoms with Crippen LogP contribution in [0.2, 0.25) is 0 Å². The molecule has 1 amide bonds. The van der Waals surface area contributed by atoms with Crippen LogP contribution < -0.4 is 0 Å². The Morgan fingerprint density at radius 2 is 2.06 bits per heavy atom. The summed E-state index contributed by atoms with van der Waals surface area (Å²) in [6.07, 6.45) is 6.19. The molecule has 0 saturated heterocycles. The van der Waals surface area contributed by atoms with Crippen molar-refractivity contribution in [2.75, 3.05) is 7.05 Å². The third kappa shape index (κ3) is 2.73. The number of halogens is 1. The summed E-state index contributed by atoms with van der Waals surface area (Å²) in [6.45, 7) is 2.28. The number of nitrogens with zero attached hydrogens (tertiary/aromatic N) is 1. The van der Waals surface area contributed by atoms with E-state index in [2.05, 4.69) is 22.9 Å². The molecule has 0 atom stereocenters. The summed E-state index contributed by atoms with van der Waals surface area (Å²) in [7, 11) is 1.89. The second-order valence-corrected chi connectivity index (χ2v) is 5.66. The molecular formula is C13H18BrNO2. The molecule has 94 valence electrons. The number of carbonyl (C=O) groups excluding carboxylic acids is 1. The molecule has 2 rings (SSSR count). The van der Waals surface area contributed by atoms with Crippen molar-refractivity contribution in [2.24, 2.45) is 5.92 Å². The third-order valence-corrected chi connectivity index (χ3v) is 4.32. The Bertz CT molecular complexity index is 394. The first kappa shape index (κ1) is 12.7. The van der Waals surface area contributed by atoms with E-state index in [-0.39, 0.29) is 5.91 Å². The predicted octanol–water partition coefficient (Wildman–Crippen LogP) is 3.69. The van der Waals surface area contributed by atoms with Crippen LogP contribution in [0.3, 0.4) is 0 Å². The molecule has 1 aromatic heterocycles. The lowest BCUT2D eigenvalue weighted by Crippen LogP contribution is -2.39. The van der Waals surface area contributed by atoms with Gasteiger partial charge in [-0.1, -0.05) is 6.92 Å². The summed E-state index contributed by atoms with van der Waals surface area (Å²) in [5, 5.41) is 0. The fourth-order valence-electron chi connectivity index (χ4n) is 2.43. The van der Waals surface area contributed by atoms with Crippen LogP contribution in [-0.4, -0.2) is 23.9 Å². The van der Waals surface area contributed by atoms with E-state index in [9.17, 15) is 4.79 Å². The van der Waals surface area contributed by atoms with Gasteiger partial charge in [0.2, 0.25) is 0 Å². The Labute approximate surface area is 110 Å². The third-order valence-electron chi connectivity index (χ3n) is 3.70. The highest BCUT2D eigenvalue weighted by atomic mass is 79.9. The second kappa shape index (κ2) is 5.25. The number of hydrogen-bond acceptors (Lipinski definition) is 2. The number of rotatable bonds is 2. The normalized spacial score (nSPS) is 24.6. The van der Waals surface area contributed by atoms with E-state index in [1.54, 1.807) is 6.07 Å². The topological polar surface area (TPSA) is 33.5 Å². The van der Waals surface area contributed by atoms with Crippen molar-refractivity contribution in [3.8, 4) is 0 Å². The summed E-state index contributed by atoms with van der Waals surface area (Å²) in [5.74, 6) is 0.848. The van der Waals surface area contributed by atoms with E-state index < -0.39 is 0 Å². The molecule has 0 unspecified atom stereocenters. The van der Waals surface area contributed by atoms with Crippen molar-refractivity contribution >= 4 is 21.8 Å². The van der Waals surface area contributed by atoms with Crippen molar-refractivity contribution in [2.45, 2.75) is 38.6 Å². The smallest absolute Gasteiger partial charge is 0.258 e. The zero-order chi connectivity index (χ0) is 12.4. The van der Waals surface area contributed by atoms with E-state index in [0.717, 1.165) is 18.8 Å². The molecule has 0 N–H and O–H groups in total. The van der Waals surface area contributed by atoms with Gasteiger partial charge in [-0.05, 0) is 53.6 Å². The molecule has 3 nitrogen and oxygen atoms in total. The van der Waals surface area contributed by atoms with Gasteiger partial charge in [-0.25, -0.2) is 0 Å². The average molecular weight is 300 g/mol. The van der Waals surface area contributed by atoms with E-state index in [0.29, 0.717) is 16.3 Å². The van der Waals surface area contributed by atoms with Gasteiger partial charge in [0.25, 0.3) is 5.91 Å². The Hall–Kier alpha value is -0.770. The summed E-state index contributed by atoms with van der Waals surface area (Å²) in [4.78, 5) is 14.1. The Morgan fingerprint density at radius 3 is 2.59 bits per heavy atom. The van der Waals surface area contributed by atoms with Gasteiger partial charge in [0.05, 0.1) is 11.8 Å². The molecule has 1 heterocycles. The largest absolute Gasteiger partial charge is 0.457 e. The molecule has 1 aromatic rings. The average Bonchev–Trinajstić information content (AvgIpc) is 2.74. The van der Waals surface area contributed by atoms with Crippen LogP contribution in [0.5, 0.6) is 0 Å². The molecule has 0 bridgehead atoms. The summed E-state index contributed by atoms with van der Waals surface area (Å²) < 4.78 is 5.64. The number of hydrogen-bond donors (Lipinski definition) is 0. The van der Waals surface area contributed by atoms with Crippen molar-refractivity contribution in [3.63, 3.8) is 0 Å². The molecular weight excluding hydrogens is 282 g/mol. The van der Waals surface area contributed by atoms with Crippen molar-refractivity contribution < 1.29 is 9.21 Å². The van der Waals surface area contributed by atoms with Gasteiger partial charge >= 0.3 is 0 Å². The molecule has 1 saturated carbocycles. The van der Waals surface area contributed by atoms with Crippen LogP contribution in [0.25, 0.3) is 0 Å². The van der Waals surface area contributed by atoms with Crippen LogP contribution in [0, 0.1) is 5.92 Å². The second-order valence-electron chi connectivity index (χ2n) is 4.94. The minimum absolute atomic E-state index is 0.0465. The zero-order valence-corrected chi connectivity index (χ0v) is 11.9. The molecule has 17 heavy (non-hydrogen) atoms. The molecule has 4 heteroatoms. The van der Waals surface area contributed by atoms with Gasteiger partial charge in [-0.15, -0.1) is 0 Å².